The minimum absolute atomic E-state index is 0.110. The molecule has 6 unspecified atom stereocenters. The number of ether oxygens (including phenoxy) is 2. The Morgan fingerprint density at radius 2 is 1.70 bits per heavy atom. The zero-order valence-electron chi connectivity index (χ0n) is 23.7. The van der Waals surface area contributed by atoms with Gasteiger partial charge in [0.15, 0.2) is 11.4 Å². The highest BCUT2D eigenvalue weighted by Gasteiger charge is 2.70. The largest absolute Gasteiger partial charge is 0.508 e. The molecule has 1 fully saturated rings. The molecule has 0 heterocycles. The van der Waals surface area contributed by atoms with E-state index in [1.54, 1.807) is 36.4 Å². The van der Waals surface area contributed by atoms with Gasteiger partial charge in [0.2, 0.25) is 5.78 Å². The molecule has 226 valence electrons. The van der Waals surface area contributed by atoms with Crippen LogP contribution in [0.4, 0.5) is 0 Å². The molecule has 0 aliphatic heterocycles. The van der Waals surface area contributed by atoms with Crippen LogP contribution in [-0.2, 0) is 23.9 Å². The first-order valence-electron chi connectivity index (χ1n) is 13.7. The standard InChI is InChI=1S/C31H32N2O10/c1-4-18(35)43-27-20-16(13-42-14-9-6-5-7-10-14)15-11-8-12-17(34)19(15)25(36)21(20)28(38)31(41)23(27)24(33(2)3)26(37)22(29(31)39)30(32)40/h5-12,16,20,23-24,27,34,36,39,41H,4,13H2,1-3H3,(H2,32,40). The second-order valence-corrected chi connectivity index (χ2v) is 11.0. The minimum Gasteiger partial charge on any atom is -0.508 e. The van der Waals surface area contributed by atoms with Gasteiger partial charge in [-0.15, -0.1) is 0 Å². The number of nitrogens with zero attached hydrogens (tertiary/aromatic N) is 1. The van der Waals surface area contributed by atoms with Gasteiger partial charge in [0.25, 0.3) is 5.91 Å². The summed E-state index contributed by atoms with van der Waals surface area (Å²) in [7, 11) is 2.92. The third kappa shape index (κ3) is 4.45. The molecule has 0 aromatic heterocycles. The van der Waals surface area contributed by atoms with Crippen molar-refractivity contribution in [1.29, 1.82) is 0 Å². The van der Waals surface area contributed by atoms with Gasteiger partial charge in [0.1, 0.15) is 34.7 Å². The number of aromatic hydroxyl groups is 1. The Labute approximate surface area is 246 Å². The van der Waals surface area contributed by atoms with Crippen LogP contribution in [-0.4, -0.2) is 87.2 Å². The van der Waals surface area contributed by atoms with E-state index in [-0.39, 0.29) is 24.3 Å². The quantitative estimate of drug-likeness (QED) is 0.231. The van der Waals surface area contributed by atoms with Gasteiger partial charge in [0.05, 0.1) is 24.1 Å². The number of ketones is 2. The number of carbonyl (C=O) groups excluding carboxylic acids is 4. The Morgan fingerprint density at radius 1 is 1.02 bits per heavy atom. The third-order valence-electron chi connectivity index (χ3n) is 8.50. The normalized spacial score (nSPS) is 28.3. The summed E-state index contributed by atoms with van der Waals surface area (Å²) in [5.41, 5.74) is 1.21. The van der Waals surface area contributed by atoms with Crippen LogP contribution >= 0.6 is 0 Å². The maximum Gasteiger partial charge on any atom is 0.305 e. The summed E-state index contributed by atoms with van der Waals surface area (Å²) in [6, 6.07) is 11.7. The van der Waals surface area contributed by atoms with Gasteiger partial charge in [-0.05, 0) is 37.9 Å². The van der Waals surface area contributed by atoms with Crippen molar-refractivity contribution < 1.29 is 49.1 Å². The van der Waals surface area contributed by atoms with Crippen LogP contribution in [0.1, 0.15) is 30.4 Å². The minimum atomic E-state index is -3.02. The molecule has 0 radical (unpaired) electrons. The van der Waals surface area contributed by atoms with Crippen molar-refractivity contribution in [3.63, 3.8) is 0 Å². The molecule has 43 heavy (non-hydrogen) atoms. The highest BCUT2D eigenvalue weighted by atomic mass is 16.5. The fraction of sp³-hybridized carbons (Fsp3) is 0.355. The molecule has 1 saturated carbocycles. The van der Waals surface area contributed by atoms with Gasteiger partial charge < -0.3 is 35.6 Å². The van der Waals surface area contributed by atoms with Crippen molar-refractivity contribution in [2.45, 2.75) is 37.0 Å². The number of fused-ring (bicyclic) bond motifs is 3. The number of nitrogens with two attached hydrogens (primary N) is 1. The fourth-order valence-corrected chi connectivity index (χ4v) is 6.65. The first-order chi connectivity index (χ1) is 20.4. The maximum absolute atomic E-state index is 14.4. The summed E-state index contributed by atoms with van der Waals surface area (Å²) in [5.74, 6) is -9.99. The molecule has 5 rings (SSSR count). The van der Waals surface area contributed by atoms with Crippen molar-refractivity contribution in [3.8, 4) is 11.5 Å². The summed E-state index contributed by atoms with van der Waals surface area (Å²) in [6.07, 6.45) is -1.63. The van der Waals surface area contributed by atoms with E-state index in [0.29, 0.717) is 11.3 Å². The van der Waals surface area contributed by atoms with Crippen molar-refractivity contribution in [2.24, 2.45) is 17.6 Å². The zero-order valence-corrected chi connectivity index (χ0v) is 23.7. The predicted octanol–water partition coefficient (Wildman–Crippen LogP) is 1.52. The number of hydrogen-bond donors (Lipinski definition) is 5. The van der Waals surface area contributed by atoms with Crippen LogP contribution in [0.2, 0.25) is 0 Å². The number of likely N-dealkylation sites (N-methyl/N-ethyl adjacent to an activating group) is 1. The summed E-state index contributed by atoms with van der Waals surface area (Å²) < 4.78 is 12.0. The van der Waals surface area contributed by atoms with Gasteiger partial charge in [-0.2, -0.15) is 0 Å². The maximum atomic E-state index is 14.4. The van der Waals surface area contributed by atoms with Crippen molar-refractivity contribution in [1.82, 2.24) is 4.90 Å². The van der Waals surface area contributed by atoms with E-state index in [2.05, 4.69) is 0 Å². The molecule has 12 heteroatoms. The van der Waals surface area contributed by atoms with Crippen LogP contribution < -0.4 is 10.5 Å². The number of carbonyl (C=O) groups is 4. The van der Waals surface area contributed by atoms with E-state index in [9.17, 15) is 39.6 Å². The van der Waals surface area contributed by atoms with Crippen LogP contribution in [0.25, 0.3) is 5.76 Å². The second-order valence-electron chi connectivity index (χ2n) is 11.0. The van der Waals surface area contributed by atoms with Crippen molar-refractivity contribution in [3.05, 3.63) is 76.6 Å². The lowest BCUT2D eigenvalue weighted by Crippen LogP contribution is -2.71. The Balaban J connectivity index is 1.82. The number of aliphatic hydroxyl groups excluding tert-OH is 2. The number of para-hydroxylation sites is 1. The zero-order chi connectivity index (χ0) is 31.4. The van der Waals surface area contributed by atoms with Crippen LogP contribution in [0.15, 0.2) is 65.4 Å². The topological polar surface area (TPSA) is 197 Å². The van der Waals surface area contributed by atoms with E-state index in [1.165, 1.54) is 38.1 Å². The number of rotatable bonds is 7. The Morgan fingerprint density at radius 3 is 2.30 bits per heavy atom. The molecule has 3 aliphatic carbocycles. The number of aliphatic hydroxyl groups is 3. The number of amides is 1. The summed E-state index contributed by atoms with van der Waals surface area (Å²) in [4.78, 5) is 54.6. The number of phenolic OH excluding ortho intramolecular Hbond substituents is 1. The van der Waals surface area contributed by atoms with Crippen molar-refractivity contribution >= 4 is 29.2 Å². The average Bonchev–Trinajstić information content (AvgIpc) is 2.96. The summed E-state index contributed by atoms with van der Waals surface area (Å²) in [5, 5.41) is 45.7. The molecule has 1 amide bonds. The van der Waals surface area contributed by atoms with Gasteiger partial charge in [-0.3, -0.25) is 24.1 Å². The highest BCUT2D eigenvalue weighted by Crippen LogP contribution is 2.57. The average molecular weight is 593 g/mol. The predicted molar refractivity (Wildman–Crippen MR) is 151 cm³/mol. The van der Waals surface area contributed by atoms with Crippen LogP contribution in [0, 0.1) is 11.8 Å². The lowest BCUT2D eigenvalue weighted by atomic mass is 9.54. The molecule has 12 nitrogen and oxygen atoms in total. The summed E-state index contributed by atoms with van der Waals surface area (Å²) in [6.45, 7) is 1.38. The molecule has 2 aromatic carbocycles. The van der Waals surface area contributed by atoms with E-state index < -0.39 is 81.6 Å². The molecular weight excluding hydrogens is 560 g/mol. The molecule has 6 atom stereocenters. The monoisotopic (exact) mass is 592 g/mol. The van der Waals surface area contributed by atoms with Crippen molar-refractivity contribution in [2.75, 3.05) is 20.7 Å². The number of esters is 1. The molecule has 0 saturated heterocycles. The molecule has 6 N–H and O–H groups in total. The number of primary amides is 1. The Kier molecular flexibility index (Phi) is 7.53. The molecule has 3 aliphatic rings. The lowest BCUT2D eigenvalue weighted by molar-refractivity contribution is -0.185. The van der Waals surface area contributed by atoms with Gasteiger partial charge in [-0.25, -0.2) is 0 Å². The smallest absolute Gasteiger partial charge is 0.305 e. The van der Waals surface area contributed by atoms with E-state index >= 15 is 0 Å². The SMILES string of the molecule is CCC(=O)OC1C2C(=C(O)c3c(O)cccc3C2COc2ccccc2)C(=O)C2(O)C(O)=C(C(N)=O)C(=O)C(N(C)C)C12. The first-order valence-corrected chi connectivity index (χ1v) is 13.7. The molecule has 0 spiro atoms. The molecule has 2 aromatic rings. The molecule has 0 bridgehead atoms. The van der Waals surface area contributed by atoms with Gasteiger partial charge >= 0.3 is 5.97 Å². The van der Waals surface area contributed by atoms with Crippen LogP contribution in [0.3, 0.4) is 0 Å². The Bertz CT molecular complexity index is 1580. The Hall–Kier alpha value is -4.68. The molecular formula is C31H32N2O10. The van der Waals surface area contributed by atoms with E-state index in [0.717, 1.165) is 0 Å². The lowest BCUT2D eigenvalue weighted by Gasteiger charge is -2.54. The number of hydrogen-bond acceptors (Lipinski definition) is 11. The second kappa shape index (κ2) is 10.9. The van der Waals surface area contributed by atoms with E-state index in [4.69, 9.17) is 15.2 Å². The number of Topliss-reactive ketones (excluding diaryl/α,β-unsaturated/α-hetero) is 2. The first kappa shape index (κ1) is 29.8. The fourth-order valence-electron chi connectivity index (χ4n) is 6.65. The van der Waals surface area contributed by atoms with Gasteiger partial charge in [0, 0.05) is 23.8 Å². The van der Waals surface area contributed by atoms with E-state index in [1.807, 2.05) is 0 Å². The summed E-state index contributed by atoms with van der Waals surface area (Å²) >= 11 is 0. The van der Waals surface area contributed by atoms with Gasteiger partial charge in [-0.1, -0.05) is 37.3 Å². The van der Waals surface area contributed by atoms with Crippen LogP contribution in [0.5, 0.6) is 11.5 Å². The third-order valence-corrected chi connectivity index (χ3v) is 8.50. The number of phenols is 1. The number of benzene rings is 2. The highest BCUT2D eigenvalue weighted by molar-refractivity contribution is 6.24.